The number of hydrogen-bond acceptors (Lipinski definition) is 5. The minimum atomic E-state index is -0.876. The number of halogens is 1. The summed E-state index contributed by atoms with van der Waals surface area (Å²) in [5.74, 6) is 0.725. The summed E-state index contributed by atoms with van der Waals surface area (Å²) in [7, 11) is 1.48. The van der Waals surface area contributed by atoms with Crippen LogP contribution < -0.4 is 10.6 Å². The van der Waals surface area contributed by atoms with Gasteiger partial charge in [-0.3, -0.25) is 10.1 Å². The van der Waals surface area contributed by atoms with Gasteiger partial charge in [-0.25, -0.2) is 4.79 Å². The van der Waals surface area contributed by atoms with Gasteiger partial charge in [0.15, 0.2) is 5.82 Å². The summed E-state index contributed by atoms with van der Waals surface area (Å²) in [4.78, 5) is 24.8. The molecule has 1 aliphatic carbocycles. The van der Waals surface area contributed by atoms with Crippen LogP contribution >= 0.6 is 11.6 Å². The van der Waals surface area contributed by atoms with Gasteiger partial charge >= 0.3 is 6.03 Å². The number of amides is 3. The molecule has 2 N–H and O–H groups in total. The van der Waals surface area contributed by atoms with E-state index in [2.05, 4.69) is 26.2 Å². The number of imide groups is 1. The molecule has 1 saturated carbocycles. The molecule has 1 fully saturated rings. The molecule has 1 aliphatic rings. The number of hydrogen-bond donors (Lipinski definition) is 2. The average Bonchev–Trinajstić information content (AvgIpc) is 3.33. The molecular formula is C19H25ClN6O2. The van der Waals surface area contributed by atoms with Gasteiger partial charge in [-0.05, 0) is 54.3 Å². The highest BCUT2D eigenvalue weighted by Crippen LogP contribution is 2.39. The molecule has 0 saturated heterocycles. The first-order valence-corrected chi connectivity index (χ1v) is 9.81. The molecule has 0 spiro atoms. The van der Waals surface area contributed by atoms with Crippen molar-refractivity contribution < 1.29 is 9.59 Å². The van der Waals surface area contributed by atoms with E-state index in [0.29, 0.717) is 28.9 Å². The second-order valence-electron chi connectivity index (χ2n) is 7.52. The SMILES string of the molecule is CNC(=O)NC(=O)C(C)(CC1CCCC1)c1ccc(-n2nnnc2C)c(Cl)c1. The van der Waals surface area contributed by atoms with Gasteiger partial charge in [0.05, 0.1) is 16.1 Å². The van der Waals surface area contributed by atoms with Crippen LogP contribution in [-0.4, -0.2) is 39.2 Å². The number of aryl methyl sites for hydroxylation is 1. The molecule has 1 unspecified atom stereocenters. The van der Waals surface area contributed by atoms with Crippen LogP contribution in [0.4, 0.5) is 4.79 Å². The lowest BCUT2D eigenvalue weighted by Crippen LogP contribution is -2.48. The lowest BCUT2D eigenvalue weighted by atomic mass is 9.74. The normalized spacial score (nSPS) is 16.6. The van der Waals surface area contributed by atoms with Crippen LogP contribution in [0.3, 0.4) is 0 Å². The zero-order valence-electron chi connectivity index (χ0n) is 16.3. The molecule has 1 atom stereocenters. The third kappa shape index (κ3) is 4.01. The highest BCUT2D eigenvalue weighted by molar-refractivity contribution is 6.32. The maximum atomic E-state index is 13.0. The third-order valence-electron chi connectivity index (χ3n) is 5.57. The molecule has 3 amide bonds. The quantitative estimate of drug-likeness (QED) is 0.797. The number of nitrogens with zero attached hydrogens (tertiary/aromatic N) is 4. The van der Waals surface area contributed by atoms with E-state index in [4.69, 9.17) is 11.6 Å². The van der Waals surface area contributed by atoms with Gasteiger partial charge in [0.2, 0.25) is 5.91 Å². The molecule has 8 nitrogen and oxygen atoms in total. The van der Waals surface area contributed by atoms with Crippen LogP contribution in [0.25, 0.3) is 5.69 Å². The summed E-state index contributed by atoms with van der Waals surface area (Å²) in [6, 6.07) is 4.92. The molecule has 9 heteroatoms. The van der Waals surface area contributed by atoms with Crippen molar-refractivity contribution in [2.75, 3.05) is 7.05 Å². The number of rotatable bonds is 5. The number of carbonyl (C=O) groups is 2. The summed E-state index contributed by atoms with van der Waals surface area (Å²) in [6.45, 7) is 3.66. The van der Waals surface area contributed by atoms with E-state index in [1.54, 1.807) is 23.7 Å². The van der Waals surface area contributed by atoms with E-state index >= 15 is 0 Å². The van der Waals surface area contributed by atoms with Crippen molar-refractivity contribution in [3.05, 3.63) is 34.6 Å². The molecular weight excluding hydrogens is 380 g/mol. The summed E-state index contributed by atoms with van der Waals surface area (Å²) >= 11 is 6.53. The summed E-state index contributed by atoms with van der Waals surface area (Å²) in [5.41, 5.74) is 0.530. The van der Waals surface area contributed by atoms with Crippen LogP contribution in [0.5, 0.6) is 0 Å². The van der Waals surface area contributed by atoms with Crippen LogP contribution in [0, 0.1) is 12.8 Å². The largest absolute Gasteiger partial charge is 0.341 e. The topological polar surface area (TPSA) is 102 Å². The Morgan fingerprint density at radius 3 is 2.61 bits per heavy atom. The second kappa shape index (κ2) is 8.26. The minimum absolute atomic E-state index is 0.332. The van der Waals surface area contributed by atoms with Gasteiger partial charge in [-0.1, -0.05) is 43.4 Å². The molecule has 1 aromatic heterocycles. The second-order valence-corrected chi connectivity index (χ2v) is 7.93. The average molecular weight is 405 g/mol. The molecule has 2 aromatic rings. The number of urea groups is 1. The fraction of sp³-hybridized carbons (Fsp3) is 0.526. The van der Waals surface area contributed by atoms with E-state index in [9.17, 15) is 9.59 Å². The van der Waals surface area contributed by atoms with Gasteiger partial charge in [0.25, 0.3) is 0 Å². The Labute approximate surface area is 169 Å². The van der Waals surface area contributed by atoms with Gasteiger partial charge < -0.3 is 5.32 Å². The fourth-order valence-electron chi connectivity index (χ4n) is 3.91. The monoisotopic (exact) mass is 404 g/mol. The Kier molecular flexibility index (Phi) is 5.98. The van der Waals surface area contributed by atoms with E-state index < -0.39 is 11.4 Å². The number of aromatic nitrogens is 4. The van der Waals surface area contributed by atoms with Crippen molar-refractivity contribution in [1.29, 1.82) is 0 Å². The van der Waals surface area contributed by atoms with Crippen LogP contribution in [-0.2, 0) is 10.2 Å². The Morgan fingerprint density at radius 2 is 2.04 bits per heavy atom. The Hall–Kier alpha value is -2.48. The van der Waals surface area contributed by atoms with Crippen molar-refractivity contribution in [2.24, 2.45) is 5.92 Å². The van der Waals surface area contributed by atoms with Gasteiger partial charge in [-0.2, -0.15) is 4.68 Å². The number of benzene rings is 1. The number of carbonyl (C=O) groups excluding carboxylic acids is 2. The first kappa shape index (κ1) is 20.3. The molecule has 3 rings (SSSR count). The van der Waals surface area contributed by atoms with Crippen molar-refractivity contribution in [3.8, 4) is 5.69 Å². The lowest BCUT2D eigenvalue weighted by molar-refractivity contribution is -0.125. The Balaban J connectivity index is 1.97. The molecule has 0 bridgehead atoms. The number of tetrazole rings is 1. The summed E-state index contributed by atoms with van der Waals surface area (Å²) in [5, 5.41) is 16.8. The first-order valence-electron chi connectivity index (χ1n) is 9.43. The standard InChI is InChI=1S/C19H25ClN6O2/c1-12-23-24-25-26(12)16-9-8-14(10-15(16)20)19(2,11-13-6-4-5-7-13)17(27)22-18(28)21-3/h8-10,13H,4-7,11H2,1-3H3,(H2,21,22,27,28). The molecule has 0 radical (unpaired) electrons. The van der Waals surface area contributed by atoms with Crippen molar-refractivity contribution in [2.45, 2.75) is 51.4 Å². The Bertz CT molecular complexity index is 877. The molecule has 1 heterocycles. The van der Waals surface area contributed by atoms with E-state index in [-0.39, 0.29) is 5.91 Å². The first-order chi connectivity index (χ1) is 13.3. The highest BCUT2D eigenvalue weighted by Gasteiger charge is 2.39. The van der Waals surface area contributed by atoms with E-state index in [1.807, 2.05) is 13.0 Å². The van der Waals surface area contributed by atoms with Gasteiger partial charge in [-0.15, -0.1) is 5.10 Å². The Morgan fingerprint density at radius 1 is 1.32 bits per heavy atom. The van der Waals surface area contributed by atoms with Crippen LogP contribution in [0.2, 0.25) is 5.02 Å². The smallest absolute Gasteiger partial charge is 0.321 e. The maximum absolute atomic E-state index is 13.0. The van der Waals surface area contributed by atoms with Gasteiger partial charge in [0.1, 0.15) is 0 Å². The predicted molar refractivity (Wildman–Crippen MR) is 105 cm³/mol. The van der Waals surface area contributed by atoms with Crippen molar-refractivity contribution in [1.82, 2.24) is 30.8 Å². The lowest BCUT2D eigenvalue weighted by Gasteiger charge is -2.31. The summed E-state index contributed by atoms with van der Waals surface area (Å²) in [6.07, 6.45) is 5.21. The molecule has 150 valence electrons. The molecule has 1 aromatic carbocycles. The van der Waals surface area contributed by atoms with Crippen LogP contribution in [0.1, 0.15) is 50.4 Å². The third-order valence-corrected chi connectivity index (χ3v) is 5.87. The van der Waals surface area contributed by atoms with E-state index in [1.165, 1.54) is 19.9 Å². The summed E-state index contributed by atoms with van der Waals surface area (Å²) < 4.78 is 1.55. The zero-order valence-corrected chi connectivity index (χ0v) is 17.1. The predicted octanol–water partition coefficient (Wildman–Crippen LogP) is 2.92. The molecule has 28 heavy (non-hydrogen) atoms. The van der Waals surface area contributed by atoms with Crippen molar-refractivity contribution >= 4 is 23.5 Å². The zero-order chi connectivity index (χ0) is 20.3. The maximum Gasteiger partial charge on any atom is 0.321 e. The van der Waals surface area contributed by atoms with Crippen molar-refractivity contribution in [3.63, 3.8) is 0 Å². The van der Waals surface area contributed by atoms with Crippen LogP contribution in [0.15, 0.2) is 18.2 Å². The minimum Gasteiger partial charge on any atom is -0.341 e. The number of nitrogens with one attached hydrogen (secondary N) is 2. The van der Waals surface area contributed by atoms with Gasteiger partial charge in [0, 0.05) is 7.05 Å². The fourth-order valence-corrected chi connectivity index (χ4v) is 4.17. The molecule has 0 aliphatic heterocycles. The highest BCUT2D eigenvalue weighted by atomic mass is 35.5. The van der Waals surface area contributed by atoms with E-state index in [0.717, 1.165) is 18.4 Å².